The first-order chi connectivity index (χ1) is 11.4. The molecule has 0 saturated heterocycles. The number of imidazole rings is 1. The molecule has 0 spiro atoms. The van der Waals surface area contributed by atoms with E-state index < -0.39 is 17.2 Å². The molecule has 0 fully saturated rings. The Kier molecular flexibility index (Phi) is 4.34. The van der Waals surface area contributed by atoms with Crippen molar-refractivity contribution in [3.8, 4) is 0 Å². The van der Waals surface area contributed by atoms with E-state index in [-0.39, 0.29) is 12.1 Å². The molecule has 0 bridgehead atoms. The Hall–Kier alpha value is -2.31. The summed E-state index contributed by atoms with van der Waals surface area (Å²) in [5.74, 6) is -1.42. The number of hydrogen-bond acceptors (Lipinski definition) is 3. The zero-order valence-electron chi connectivity index (χ0n) is 13.6. The van der Waals surface area contributed by atoms with E-state index in [9.17, 15) is 13.9 Å². The van der Waals surface area contributed by atoms with Crippen LogP contribution in [0.2, 0.25) is 0 Å². The molecule has 1 atom stereocenters. The summed E-state index contributed by atoms with van der Waals surface area (Å²) in [6.07, 6.45) is 3.70. The molecule has 2 N–H and O–H groups in total. The van der Waals surface area contributed by atoms with Crippen LogP contribution in [0.15, 0.2) is 42.7 Å². The number of nitrogens with zero attached hydrogens (tertiary/aromatic N) is 2. The molecule has 6 heteroatoms. The van der Waals surface area contributed by atoms with Crippen LogP contribution in [0.25, 0.3) is 5.65 Å². The van der Waals surface area contributed by atoms with Crippen molar-refractivity contribution >= 4 is 5.65 Å². The fourth-order valence-corrected chi connectivity index (χ4v) is 2.72. The molecule has 0 amide bonds. The number of aromatic nitrogens is 2. The summed E-state index contributed by atoms with van der Waals surface area (Å²) in [6, 6.07) is 7.15. The van der Waals surface area contributed by atoms with Crippen LogP contribution in [0.4, 0.5) is 8.78 Å². The minimum atomic E-state index is -1.45. The van der Waals surface area contributed by atoms with Crippen LogP contribution in [-0.4, -0.2) is 21.0 Å². The van der Waals surface area contributed by atoms with Crippen LogP contribution >= 0.6 is 0 Å². The van der Waals surface area contributed by atoms with Crippen LogP contribution in [-0.2, 0) is 12.1 Å². The molecule has 3 aromatic rings. The van der Waals surface area contributed by atoms with Crippen LogP contribution in [0.5, 0.6) is 0 Å². The van der Waals surface area contributed by atoms with E-state index in [0.29, 0.717) is 6.54 Å². The van der Waals surface area contributed by atoms with E-state index in [0.717, 1.165) is 29.0 Å². The standard InChI is InChI=1S/C18H19F2N3O/c1-12-5-6-23-14(10-22-17(23)7-12)9-21-11-18(2,24)15-4-3-13(19)8-16(15)20/h3-8,10,21,24H,9,11H2,1-2H3. The molecule has 0 saturated carbocycles. The van der Waals surface area contributed by atoms with Crippen molar-refractivity contribution in [2.24, 2.45) is 0 Å². The van der Waals surface area contributed by atoms with Gasteiger partial charge in [0.15, 0.2) is 0 Å². The number of aryl methyl sites for hydroxylation is 1. The zero-order valence-corrected chi connectivity index (χ0v) is 13.6. The third-order valence-electron chi connectivity index (χ3n) is 4.03. The first-order valence-electron chi connectivity index (χ1n) is 7.68. The third kappa shape index (κ3) is 3.29. The molecule has 3 rings (SSSR count). The molecule has 24 heavy (non-hydrogen) atoms. The predicted molar refractivity (Wildman–Crippen MR) is 87.6 cm³/mol. The molecule has 0 aliphatic carbocycles. The lowest BCUT2D eigenvalue weighted by molar-refractivity contribution is 0.0527. The lowest BCUT2D eigenvalue weighted by atomic mass is 9.95. The largest absolute Gasteiger partial charge is 0.384 e. The van der Waals surface area contributed by atoms with Crippen LogP contribution in [0.3, 0.4) is 0 Å². The monoisotopic (exact) mass is 331 g/mol. The summed E-state index contributed by atoms with van der Waals surface area (Å²) in [7, 11) is 0. The number of fused-ring (bicyclic) bond motifs is 1. The van der Waals surface area contributed by atoms with Gasteiger partial charge < -0.3 is 14.8 Å². The molecule has 0 radical (unpaired) electrons. The van der Waals surface area contributed by atoms with Gasteiger partial charge in [-0.3, -0.25) is 0 Å². The number of rotatable bonds is 5. The highest BCUT2D eigenvalue weighted by Crippen LogP contribution is 2.23. The average molecular weight is 331 g/mol. The fourth-order valence-electron chi connectivity index (χ4n) is 2.72. The van der Waals surface area contributed by atoms with Crippen molar-refractivity contribution in [2.75, 3.05) is 6.54 Å². The molecule has 0 aliphatic rings. The van der Waals surface area contributed by atoms with E-state index in [2.05, 4.69) is 10.3 Å². The molecular weight excluding hydrogens is 312 g/mol. The van der Waals surface area contributed by atoms with Gasteiger partial charge in [-0.2, -0.15) is 0 Å². The second-order valence-corrected chi connectivity index (χ2v) is 6.18. The number of aliphatic hydroxyl groups is 1. The quantitative estimate of drug-likeness (QED) is 0.756. The second-order valence-electron chi connectivity index (χ2n) is 6.18. The zero-order chi connectivity index (χ0) is 17.3. The second kappa shape index (κ2) is 6.30. The van der Waals surface area contributed by atoms with Gasteiger partial charge in [0.05, 0.1) is 11.9 Å². The van der Waals surface area contributed by atoms with Gasteiger partial charge in [0.25, 0.3) is 0 Å². The van der Waals surface area contributed by atoms with Crippen LogP contribution in [0.1, 0.15) is 23.7 Å². The van der Waals surface area contributed by atoms with Crippen molar-refractivity contribution in [1.29, 1.82) is 0 Å². The van der Waals surface area contributed by atoms with Gasteiger partial charge in [-0.25, -0.2) is 13.8 Å². The predicted octanol–water partition coefficient (Wildman–Crippen LogP) is 2.92. The molecule has 1 aromatic carbocycles. The molecule has 0 aliphatic heterocycles. The summed E-state index contributed by atoms with van der Waals surface area (Å²) in [5.41, 5.74) is 1.52. The van der Waals surface area contributed by atoms with Gasteiger partial charge in [-0.1, -0.05) is 6.07 Å². The highest BCUT2D eigenvalue weighted by molar-refractivity contribution is 5.42. The van der Waals surface area contributed by atoms with Crippen LogP contribution < -0.4 is 5.32 Å². The molecule has 4 nitrogen and oxygen atoms in total. The highest BCUT2D eigenvalue weighted by atomic mass is 19.1. The molecule has 1 unspecified atom stereocenters. The summed E-state index contributed by atoms with van der Waals surface area (Å²) in [4.78, 5) is 4.34. The molecule has 126 valence electrons. The van der Waals surface area contributed by atoms with Gasteiger partial charge in [-0.15, -0.1) is 0 Å². The Bertz CT molecular complexity index is 874. The van der Waals surface area contributed by atoms with Crippen LogP contribution in [0, 0.1) is 18.6 Å². The maximum absolute atomic E-state index is 13.9. The number of halogens is 2. The average Bonchev–Trinajstić information content (AvgIpc) is 2.89. The smallest absolute Gasteiger partial charge is 0.137 e. The Morgan fingerprint density at radius 3 is 2.79 bits per heavy atom. The minimum Gasteiger partial charge on any atom is -0.384 e. The molecule has 2 aromatic heterocycles. The Labute approximate surface area is 138 Å². The summed E-state index contributed by atoms with van der Waals surface area (Å²) in [6.45, 7) is 4.08. The number of hydrogen-bond donors (Lipinski definition) is 2. The molecular formula is C18H19F2N3O. The van der Waals surface area contributed by atoms with Gasteiger partial charge in [-0.05, 0) is 37.6 Å². The maximum atomic E-state index is 13.9. The van der Waals surface area contributed by atoms with E-state index >= 15 is 0 Å². The van der Waals surface area contributed by atoms with Gasteiger partial charge in [0.1, 0.15) is 22.9 Å². The summed E-state index contributed by atoms with van der Waals surface area (Å²) >= 11 is 0. The minimum absolute atomic E-state index is 0.0603. The summed E-state index contributed by atoms with van der Waals surface area (Å²) < 4.78 is 28.8. The Balaban J connectivity index is 1.70. The first-order valence-corrected chi connectivity index (χ1v) is 7.68. The normalized spacial score (nSPS) is 14.0. The number of pyridine rings is 1. The van der Waals surface area contributed by atoms with Crippen molar-refractivity contribution in [2.45, 2.75) is 26.0 Å². The van der Waals surface area contributed by atoms with E-state index in [1.54, 1.807) is 6.20 Å². The SMILES string of the molecule is Cc1ccn2c(CNCC(C)(O)c3ccc(F)cc3F)cnc2c1. The van der Waals surface area contributed by atoms with Gasteiger partial charge in [0, 0.05) is 30.9 Å². The fraction of sp³-hybridized carbons (Fsp3) is 0.278. The summed E-state index contributed by atoms with van der Waals surface area (Å²) in [5, 5.41) is 13.6. The maximum Gasteiger partial charge on any atom is 0.137 e. The third-order valence-corrected chi connectivity index (χ3v) is 4.03. The van der Waals surface area contributed by atoms with Crippen molar-refractivity contribution in [1.82, 2.24) is 14.7 Å². The van der Waals surface area contributed by atoms with Crippen molar-refractivity contribution in [3.05, 3.63) is 71.2 Å². The Morgan fingerprint density at radius 2 is 2.04 bits per heavy atom. The van der Waals surface area contributed by atoms with Crippen molar-refractivity contribution in [3.63, 3.8) is 0 Å². The first kappa shape index (κ1) is 16.5. The van der Waals surface area contributed by atoms with Gasteiger partial charge >= 0.3 is 0 Å². The highest BCUT2D eigenvalue weighted by Gasteiger charge is 2.26. The van der Waals surface area contributed by atoms with E-state index in [4.69, 9.17) is 0 Å². The van der Waals surface area contributed by atoms with Gasteiger partial charge in [0.2, 0.25) is 0 Å². The molecule has 2 heterocycles. The lowest BCUT2D eigenvalue weighted by Gasteiger charge is -2.24. The topological polar surface area (TPSA) is 49.6 Å². The number of benzene rings is 1. The number of nitrogens with one attached hydrogen (secondary N) is 1. The lowest BCUT2D eigenvalue weighted by Crippen LogP contribution is -2.36. The van der Waals surface area contributed by atoms with E-state index in [1.165, 1.54) is 13.0 Å². The van der Waals surface area contributed by atoms with Crippen molar-refractivity contribution < 1.29 is 13.9 Å². The Morgan fingerprint density at radius 1 is 1.25 bits per heavy atom. The van der Waals surface area contributed by atoms with E-state index in [1.807, 2.05) is 29.7 Å².